The van der Waals surface area contributed by atoms with E-state index in [-0.39, 0.29) is 6.61 Å². The van der Waals surface area contributed by atoms with Crippen LogP contribution in [0.2, 0.25) is 0 Å². The minimum Gasteiger partial charge on any atom is -0.462 e. The predicted octanol–water partition coefficient (Wildman–Crippen LogP) is 2.39. The molecule has 0 fully saturated rings. The van der Waals surface area contributed by atoms with Crippen LogP contribution in [0.1, 0.15) is 17.1 Å². The van der Waals surface area contributed by atoms with Gasteiger partial charge in [0.1, 0.15) is 24.7 Å². The molecule has 1 aromatic heterocycles. The smallest absolute Gasteiger partial charge is 0.411 e. The van der Waals surface area contributed by atoms with E-state index in [9.17, 15) is 13.2 Å². The molecule has 0 atom stereocenters. The van der Waals surface area contributed by atoms with E-state index in [4.69, 9.17) is 4.42 Å². The standard InChI is InChI=1S/C10H14F3NO2/c1-7-3-8(16-9(7)4-14-2)5-15-6-10(11,12)13/h3,14H,4-6H2,1-2H3. The number of nitrogens with one attached hydrogen (secondary N) is 1. The Morgan fingerprint density at radius 1 is 1.44 bits per heavy atom. The highest BCUT2D eigenvalue weighted by molar-refractivity contribution is 5.19. The molecule has 0 radical (unpaired) electrons. The van der Waals surface area contributed by atoms with E-state index in [2.05, 4.69) is 10.1 Å². The van der Waals surface area contributed by atoms with Gasteiger partial charge in [-0.2, -0.15) is 13.2 Å². The molecular weight excluding hydrogens is 223 g/mol. The van der Waals surface area contributed by atoms with Crippen molar-refractivity contribution in [1.82, 2.24) is 5.32 Å². The summed E-state index contributed by atoms with van der Waals surface area (Å²) < 4.78 is 45.2. The van der Waals surface area contributed by atoms with Gasteiger partial charge in [0.05, 0.1) is 6.54 Å². The van der Waals surface area contributed by atoms with Crippen LogP contribution in [0.5, 0.6) is 0 Å². The number of rotatable bonds is 5. The summed E-state index contributed by atoms with van der Waals surface area (Å²) in [6.45, 7) is 0.965. The fourth-order valence-electron chi connectivity index (χ4n) is 1.26. The van der Waals surface area contributed by atoms with E-state index in [0.717, 1.165) is 5.56 Å². The van der Waals surface area contributed by atoms with Crippen molar-refractivity contribution in [3.8, 4) is 0 Å². The number of halogens is 3. The number of hydrogen-bond acceptors (Lipinski definition) is 3. The van der Waals surface area contributed by atoms with Gasteiger partial charge in [0.15, 0.2) is 0 Å². The quantitative estimate of drug-likeness (QED) is 0.853. The van der Waals surface area contributed by atoms with Gasteiger partial charge in [-0.3, -0.25) is 0 Å². The number of ether oxygens (including phenoxy) is 1. The van der Waals surface area contributed by atoms with E-state index in [0.29, 0.717) is 18.1 Å². The van der Waals surface area contributed by atoms with Crippen LogP contribution in [0.25, 0.3) is 0 Å². The molecule has 16 heavy (non-hydrogen) atoms. The van der Waals surface area contributed by atoms with Gasteiger partial charge in [0, 0.05) is 0 Å². The first-order valence-electron chi connectivity index (χ1n) is 4.79. The molecule has 1 aromatic rings. The molecule has 0 aliphatic carbocycles. The molecule has 1 rings (SSSR count). The Morgan fingerprint density at radius 3 is 2.69 bits per heavy atom. The van der Waals surface area contributed by atoms with Crippen LogP contribution in [0.15, 0.2) is 10.5 Å². The lowest BCUT2D eigenvalue weighted by atomic mass is 10.2. The average molecular weight is 237 g/mol. The Morgan fingerprint density at radius 2 is 2.12 bits per heavy atom. The predicted molar refractivity (Wildman–Crippen MR) is 51.9 cm³/mol. The van der Waals surface area contributed by atoms with Crippen molar-refractivity contribution in [2.24, 2.45) is 0 Å². The van der Waals surface area contributed by atoms with E-state index in [1.807, 2.05) is 6.92 Å². The van der Waals surface area contributed by atoms with Gasteiger partial charge in [-0.25, -0.2) is 0 Å². The molecule has 0 aliphatic heterocycles. The molecule has 0 aliphatic rings. The van der Waals surface area contributed by atoms with Crippen molar-refractivity contribution in [2.75, 3.05) is 13.7 Å². The summed E-state index contributed by atoms with van der Waals surface area (Å²) in [5, 5.41) is 2.90. The molecule has 0 saturated heterocycles. The van der Waals surface area contributed by atoms with E-state index in [1.54, 1.807) is 13.1 Å². The van der Waals surface area contributed by atoms with Gasteiger partial charge in [-0.05, 0) is 25.6 Å². The van der Waals surface area contributed by atoms with Gasteiger partial charge >= 0.3 is 6.18 Å². The van der Waals surface area contributed by atoms with Crippen LogP contribution in [-0.4, -0.2) is 19.8 Å². The number of aryl methyl sites for hydroxylation is 1. The SMILES string of the molecule is CNCc1oc(COCC(F)(F)F)cc1C. The molecule has 0 saturated carbocycles. The van der Waals surface area contributed by atoms with Gasteiger partial charge in [0.25, 0.3) is 0 Å². The fourth-order valence-corrected chi connectivity index (χ4v) is 1.26. The molecular formula is C10H14F3NO2. The highest BCUT2D eigenvalue weighted by atomic mass is 19.4. The van der Waals surface area contributed by atoms with E-state index < -0.39 is 12.8 Å². The zero-order valence-corrected chi connectivity index (χ0v) is 9.15. The van der Waals surface area contributed by atoms with Crippen molar-refractivity contribution in [2.45, 2.75) is 26.3 Å². The van der Waals surface area contributed by atoms with Gasteiger partial charge in [0.2, 0.25) is 0 Å². The number of alkyl halides is 3. The molecule has 0 aromatic carbocycles. The summed E-state index contributed by atoms with van der Waals surface area (Å²) in [5.74, 6) is 1.13. The summed E-state index contributed by atoms with van der Waals surface area (Å²) in [4.78, 5) is 0. The third-order valence-corrected chi connectivity index (χ3v) is 1.92. The topological polar surface area (TPSA) is 34.4 Å². The van der Waals surface area contributed by atoms with Crippen LogP contribution >= 0.6 is 0 Å². The Kier molecular flexibility index (Phi) is 4.37. The first-order chi connectivity index (χ1) is 7.42. The summed E-state index contributed by atoms with van der Waals surface area (Å²) in [5.41, 5.74) is 0.903. The first kappa shape index (κ1) is 13.1. The summed E-state index contributed by atoms with van der Waals surface area (Å²) in [7, 11) is 1.77. The monoisotopic (exact) mass is 237 g/mol. The second-order valence-corrected chi connectivity index (χ2v) is 3.46. The lowest BCUT2D eigenvalue weighted by Gasteiger charge is -2.05. The van der Waals surface area contributed by atoms with Crippen molar-refractivity contribution in [3.63, 3.8) is 0 Å². The second-order valence-electron chi connectivity index (χ2n) is 3.46. The molecule has 6 heteroatoms. The van der Waals surface area contributed by atoms with Crippen molar-refractivity contribution in [3.05, 3.63) is 23.2 Å². The summed E-state index contributed by atoms with van der Waals surface area (Å²) in [6, 6.07) is 1.68. The minimum absolute atomic E-state index is 0.163. The molecule has 0 spiro atoms. The largest absolute Gasteiger partial charge is 0.462 e. The molecule has 92 valence electrons. The molecule has 0 amide bonds. The molecule has 1 N–H and O–H groups in total. The van der Waals surface area contributed by atoms with Gasteiger partial charge in [-0.15, -0.1) is 0 Å². The maximum Gasteiger partial charge on any atom is 0.411 e. The Hall–Kier alpha value is -1.01. The summed E-state index contributed by atoms with van der Waals surface area (Å²) in [6.07, 6.45) is -4.30. The first-order valence-corrected chi connectivity index (χ1v) is 4.79. The fraction of sp³-hybridized carbons (Fsp3) is 0.600. The Labute approximate surface area is 91.6 Å². The average Bonchev–Trinajstić information content (AvgIpc) is 2.46. The van der Waals surface area contributed by atoms with Crippen molar-refractivity contribution < 1.29 is 22.3 Å². The van der Waals surface area contributed by atoms with Crippen LogP contribution in [0.4, 0.5) is 13.2 Å². The van der Waals surface area contributed by atoms with E-state index in [1.165, 1.54) is 0 Å². The van der Waals surface area contributed by atoms with Crippen LogP contribution < -0.4 is 5.32 Å². The van der Waals surface area contributed by atoms with E-state index >= 15 is 0 Å². The molecule has 0 bridgehead atoms. The van der Waals surface area contributed by atoms with Gasteiger partial charge in [-0.1, -0.05) is 0 Å². The van der Waals surface area contributed by atoms with Crippen LogP contribution in [0.3, 0.4) is 0 Å². The number of furan rings is 1. The maximum atomic E-state index is 11.8. The normalized spacial score (nSPS) is 12.1. The van der Waals surface area contributed by atoms with Crippen molar-refractivity contribution >= 4 is 0 Å². The Bertz CT molecular complexity index is 333. The zero-order chi connectivity index (χ0) is 12.2. The molecule has 1 heterocycles. The highest BCUT2D eigenvalue weighted by Gasteiger charge is 2.27. The van der Waals surface area contributed by atoms with Crippen molar-refractivity contribution in [1.29, 1.82) is 0 Å². The zero-order valence-electron chi connectivity index (χ0n) is 9.15. The maximum absolute atomic E-state index is 11.8. The molecule has 3 nitrogen and oxygen atoms in total. The summed E-state index contributed by atoms with van der Waals surface area (Å²) >= 11 is 0. The number of hydrogen-bond donors (Lipinski definition) is 1. The third-order valence-electron chi connectivity index (χ3n) is 1.92. The van der Waals surface area contributed by atoms with Gasteiger partial charge < -0.3 is 14.5 Å². The lowest BCUT2D eigenvalue weighted by molar-refractivity contribution is -0.177. The second kappa shape index (κ2) is 5.36. The third kappa shape index (κ3) is 4.24. The highest BCUT2D eigenvalue weighted by Crippen LogP contribution is 2.18. The lowest BCUT2D eigenvalue weighted by Crippen LogP contribution is -2.16. The van der Waals surface area contributed by atoms with Crippen LogP contribution in [0, 0.1) is 6.92 Å². The molecule has 0 unspecified atom stereocenters. The van der Waals surface area contributed by atoms with Crippen LogP contribution in [-0.2, 0) is 17.9 Å². The minimum atomic E-state index is -4.30. The Balaban J connectivity index is 2.46.